The molecule has 31 heavy (non-hydrogen) atoms. The molecule has 158 valence electrons. The molecular formula is C21H20N6O3S. The van der Waals surface area contributed by atoms with Crippen LogP contribution in [0.3, 0.4) is 0 Å². The normalized spacial score (nSPS) is 14.8. The van der Waals surface area contributed by atoms with E-state index in [-0.39, 0.29) is 5.03 Å². The van der Waals surface area contributed by atoms with Gasteiger partial charge in [-0.05, 0) is 35.9 Å². The highest BCUT2D eigenvalue weighted by Gasteiger charge is 2.19. The molecule has 1 aliphatic heterocycles. The number of ether oxygens (including phenoxy) is 1. The second kappa shape index (κ2) is 7.71. The number of hydrogen-bond donors (Lipinski definition) is 1. The maximum absolute atomic E-state index is 11.8. The van der Waals surface area contributed by atoms with Gasteiger partial charge >= 0.3 is 0 Å². The summed E-state index contributed by atoms with van der Waals surface area (Å²) in [5.74, 6) is 0.812. The van der Waals surface area contributed by atoms with Gasteiger partial charge < -0.3 is 9.64 Å². The molecule has 0 spiro atoms. The lowest BCUT2D eigenvalue weighted by Crippen LogP contribution is -2.36. The fourth-order valence-corrected chi connectivity index (χ4v) is 4.23. The van der Waals surface area contributed by atoms with E-state index in [1.807, 2.05) is 18.2 Å². The minimum Gasteiger partial charge on any atom is -0.378 e. The molecule has 4 aromatic rings. The van der Waals surface area contributed by atoms with E-state index < -0.39 is 9.84 Å². The molecular weight excluding hydrogens is 416 g/mol. The fourth-order valence-electron chi connectivity index (χ4n) is 3.68. The van der Waals surface area contributed by atoms with Crippen LogP contribution < -0.4 is 4.90 Å². The van der Waals surface area contributed by atoms with Gasteiger partial charge in [-0.1, -0.05) is 0 Å². The average molecular weight is 436 g/mol. The first kappa shape index (κ1) is 19.6. The summed E-state index contributed by atoms with van der Waals surface area (Å²) in [7, 11) is -3.37. The Bertz CT molecular complexity index is 1330. The Kier molecular flexibility index (Phi) is 4.87. The van der Waals surface area contributed by atoms with Gasteiger partial charge in [0.15, 0.2) is 14.9 Å². The first-order valence-corrected chi connectivity index (χ1v) is 11.7. The van der Waals surface area contributed by atoms with Crippen LogP contribution in [0.1, 0.15) is 0 Å². The van der Waals surface area contributed by atoms with Crippen LogP contribution in [0, 0.1) is 0 Å². The molecule has 0 aliphatic carbocycles. The molecule has 0 saturated carbocycles. The molecule has 9 nitrogen and oxygen atoms in total. The van der Waals surface area contributed by atoms with Crippen LogP contribution in [0.4, 0.5) is 5.82 Å². The number of hydrogen-bond acceptors (Lipinski definition) is 8. The van der Waals surface area contributed by atoms with Crippen molar-refractivity contribution in [3.63, 3.8) is 0 Å². The third-order valence-corrected chi connectivity index (χ3v) is 6.23. The van der Waals surface area contributed by atoms with Gasteiger partial charge in [0.1, 0.15) is 17.0 Å². The predicted molar refractivity (Wildman–Crippen MR) is 116 cm³/mol. The van der Waals surface area contributed by atoms with Gasteiger partial charge in [0.2, 0.25) is 0 Å². The second-order valence-corrected chi connectivity index (χ2v) is 9.27. The third kappa shape index (κ3) is 3.75. The van der Waals surface area contributed by atoms with Gasteiger partial charge in [-0.3, -0.25) is 10.1 Å². The first-order chi connectivity index (χ1) is 15.0. The van der Waals surface area contributed by atoms with Crippen LogP contribution in [0.2, 0.25) is 0 Å². The Morgan fingerprint density at radius 2 is 1.90 bits per heavy atom. The van der Waals surface area contributed by atoms with Crippen molar-refractivity contribution in [1.29, 1.82) is 0 Å². The van der Waals surface area contributed by atoms with Crippen LogP contribution in [0.25, 0.3) is 33.4 Å². The van der Waals surface area contributed by atoms with Crippen molar-refractivity contribution in [3.8, 4) is 22.5 Å². The van der Waals surface area contributed by atoms with E-state index in [1.54, 1.807) is 24.7 Å². The molecule has 10 heteroatoms. The van der Waals surface area contributed by atoms with E-state index in [4.69, 9.17) is 9.72 Å². The molecule has 0 bridgehead atoms. The van der Waals surface area contributed by atoms with E-state index in [0.717, 1.165) is 52.9 Å². The van der Waals surface area contributed by atoms with Crippen molar-refractivity contribution in [2.75, 3.05) is 37.5 Å². The van der Waals surface area contributed by atoms with Crippen molar-refractivity contribution in [2.24, 2.45) is 0 Å². The van der Waals surface area contributed by atoms with Gasteiger partial charge in [-0.2, -0.15) is 5.10 Å². The standard InChI is InChI=1S/C21H20N6O3S/c1-31(28,29)19-3-2-14(13-23-19)16-12-18(27-8-10-30-11-9-27)25-20-15(16)4-6-22-21(20)17-5-7-24-26-17/h2-7,12-13H,8-11H2,1H3,(H,24,26). The number of pyridine rings is 3. The van der Waals surface area contributed by atoms with Gasteiger partial charge in [0.05, 0.1) is 18.9 Å². The van der Waals surface area contributed by atoms with Gasteiger partial charge in [-0.15, -0.1) is 0 Å². The van der Waals surface area contributed by atoms with Crippen molar-refractivity contribution in [1.82, 2.24) is 25.1 Å². The van der Waals surface area contributed by atoms with E-state index in [2.05, 4.69) is 25.1 Å². The second-order valence-electron chi connectivity index (χ2n) is 7.31. The van der Waals surface area contributed by atoms with Gasteiger partial charge in [-0.25, -0.2) is 18.4 Å². The number of aromatic nitrogens is 5. The molecule has 0 radical (unpaired) electrons. The molecule has 1 saturated heterocycles. The van der Waals surface area contributed by atoms with Crippen molar-refractivity contribution in [2.45, 2.75) is 5.03 Å². The Hall–Kier alpha value is -3.37. The summed E-state index contributed by atoms with van der Waals surface area (Å²) < 4.78 is 29.1. The monoisotopic (exact) mass is 436 g/mol. The highest BCUT2D eigenvalue weighted by atomic mass is 32.2. The number of anilines is 1. The molecule has 0 atom stereocenters. The van der Waals surface area contributed by atoms with E-state index in [1.165, 1.54) is 6.07 Å². The molecule has 4 aromatic heterocycles. The summed E-state index contributed by atoms with van der Waals surface area (Å²) >= 11 is 0. The van der Waals surface area contributed by atoms with E-state index in [0.29, 0.717) is 18.9 Å². The summed E-state index contributed by atoms with van der Waals surface area (Å²) in [5, 5.41) is 7.95. The largest absolute Gasteiger partial charge is 0.378 e. The van der Waals surface area contributed by atoms with Crippen molar-refractivity contribution in [3.05, 3.63) is 48.9 Å². The number of aromatic amines is 1. The topological polar surface area (TPSA) is 114 Å². The molecule has 0 unspecified atom stereocenters. The number of nitrogens with one attached hydrogen (secondary N) is 1. The number of fused-ring (bicyclic) bond motifs is 1. The number of rotatable bonds is 4. The highest BCUT2D eigenvalue weighted by Crippen LogP contribution is 2.35. The molecule has 0 aromatic carbocycles. The maximum atomic E-state index is 11.8. The van der Waals surface area contributed by atoms with Crippen LogP contribution in [-0.4, -0.2) is 66.1 Å². The Morgan fingerprint density at radius 3 is 2.58 bits per heavy atom. The summed E-state index contributed by atoms with van der Waals surface area (Å²) in [6, 6.07) is 9.08. The van der Waals surface area contributed by atoms with Crippen molar-refractivity contribution >= 4 is 26.6 Å². The van der Waals surface area contributed by atoms with Crippen LogP contribution in [-0.2, 0) is 14.6 Å². The molecule has 5 heterocycles. The average Bonchev–Trinajstić information content (AvgIpc) is 3.33. The molecule has 1 aliphatic rings. The highest BCUT2D eigenvalue weighted by molar-refractivity contribution is 7.90. The SMILES string of the molecule is CS(=O)(=O)c1ccc(-c2cc(N3CCOCC3)nc3c(-c4ccn[nH]4)nccc23)cn1. The zero-order valence-electron chi connectivity index (χ0n) is 16.8. The Labute approximate surface area is 179 Å². The first-order valence-electron chi connectivity index (χ1n) is 9.79. The molecule has 0 amide bonds. The number of morpholine rings is 1. The quantitative estimate of drug-likeness (QED) is 0.518. The fraction of sp³-hybridized carbons (Fsp3) is 0.238. The van der Waals surface area contributed by atoms with E-state index in [9.17, 15) is 8.42 Å². The van der Waals surface area contributed by atoms with Crippen LogP contribution >= 0.6 is 0 Å². The lowest BCUT2D eigenvalue weighted by molar-refractivity contribution is 0.122. The minimum absolute atomic E-state index is 0.0443. The van der Waals surface area contributed by atoms with Crippen LogP contribution in [0.15, 0.2) is 53.9 Å². The van der Waals surface area contributed by atoms with Crippen molar-refractivity contribution < 1.29 is 13.2 Å². The summed E-state index contributed by atoms with van der Waals surface area (Å²) in [6.45, 7) is 2.76. The Balaban J connectivity index is 1.73. The number of nitrogens with zero attached hydrogens (tertiary/aromatic N) is 5. The van der Waals surface area contributed by atoms with Gasteiger partial charge in [0, 0.05) is 48.9 Å². The minimum atomic E-state index is -3.37. The van der Waals surface area contributed by atoms with E-state index >= 15 is 0 Å². The van der Waals surface area contributed by atoms with Crippen LogP contribution in [0.5, 0.6) is 0 Å². The lowest BCUT2D eigenvalue weighted by atomic mass is 10.0. The predicted octanol–water partition coefficient (Wildman–Crippen LogP) is 2.32. The Morgan fingerprint density at radius 1 is 1.06 bits per heavy atom. The smallest absolute Gasteiger partial charge is 0.192 e. The molecule has 1 fully saturated rings. The van der Waals surface area contributed by atoms with Gasteiger partial charge in [0.25, 0.3) is 0 Å². The summed E-state index contributed by atoms with van der Waals surface area (Å²) in [6.07, 6.45) is 6.15. The lowest BCUT2D eigenvalue weighted by Gasteiger charge is -2.28. The molecule has 1 N–H and O–H groups in total. The molecule has 5 rings (SSSR count). The number of sulfone groups is 1. The maximum Gasteiger partial charge on any atom is 0.192 e. The zero-order valence-corrected chi connectivity index (χ0v) is 17.6. The number of H-pyrrole nitrogens is 1. The third-order valence-electron chi connectivity index (χ3n) is 5.23. The zero-order chi connectivity index (χ0) is 21.4. The summed E-state index contributed by atoms with van der Waals surface area (Å²) in [4.78, 5) is 15.8. The summed E-state index contributed by atoms with van der Waals surface area (Å²) in [5.41, 5.74) is 3.91.